The van der Waals surface area contributed by atoms with Gasteiger partial charge in [0.05, 0.1) is 4.92 Å². The van der Waals surface area contributed by atoms with Crippen LogP contribution in [0.1, 0.15) is 11.5 Å². The van der Waals surface area contributed by atoms with Crippen LogP contribution >= 0.6 is 15.2 Å². The third-order valence-electron chi connectivity index (χ3n) is 2.53. The van der Waals surface area contributed by atoms with Crippen molar-refractivity contribution >= 4 is 32.7 Å². The molecule has 0 fully saturated rings. The average Bonchev–Trinajstić information content (AvgIpc) is 2.34. The molecule has 2 amide bonds. The summed E-state index contributed by atoms with van der Waals surface area (Å²) in [5, 5.41) is 14.1. The van der Waals surface area contributed by atoms with Crippen LogP contribution in [0, 0.1) is 10.1 Å². The third-order valence-corrected chi connectivity index (χ3v) is 3.67. The summed E-state index contributed by atoms with van der Waals surface area (Å²) in [6.45, 7) is 0. The molecule has 0 bridgehead atoms. The van der Waals surface area contributed by atoms with E-state index >= 15 is 0 Å². The molecule has 132 valence electrons. The molecule has 0 radical (unpaired) electrons. The number of rotatable bonds is 6. The van der Waals surface area contributed by atoms with Crippen LogP contribution in [0.4, 0.5) is 5.69 Å². The van der Waals surface area contributed by atoms with E-state index in [-0.39, 0.29) is 11.3 Å². The summed E-state index contributed by atoms with van der Waals surface area (Å²) in [6.07, 6.45) is 0. The van der Waals surface area contributed by atoms with Crippen LogP contribution in [0.5, 0.6) is 0 Å². The molecule has 0 aliphatic heterocycles. The Bertz CT molecular complexity index is 718. The summed E-state index contributed by atoms with van der Waals surface area (Å²) in [4.78, 5) is 34.1. The smallest absolute Gasteiger partial charge is 0.282 e. The van der Waals surface area contributed by atoms with Gasteiger partial charge < -0.3 is 0 Å². The largest absolute Gasteiger partial charge is 0.300 e. The predicted octanol–water partition coefficient (Wildman–Crippen LogP) is -1.04. The topological polar surface area (TPSA) is 240 Å². The van der Waals surface area contributed by atoms with Crippen LogP contribution in [0.2, 0.25) is 0 Å². The number of carbonyl (C=O) groups is 2. The van der Waals surface area contributed by atoms with Crippen LogP contribution in [0.3, 0.4) is 0 Å². The number of nitro benzene ring substituents is 1. The standard InChI is InChI=1S/C9H15N7O6P2/c10-23(11,21)14-8(17)7(9(18)15-24(12,13)22)5-1-3-6(4-2-5)16(19)20/h1-4,7H,(H5,10,11,14,17,21)(H5,12,13,15,18,22). The van der Waals surface area contributed by atoms with E-state index in [0.29, 0.717) is 0 Å². The van der Waals surface area contributed by atoms with Crippen LogP contribution in [-0.4, -0.2) is 16.7 Å². The highest BCUT2D eigenvalue weighted by Crippen LogP contribution is 2.27. The van der Waals surface area contributed by atoms with Crippen molar-refractivity contribution in [3.05, 3.63) is 39.9 Å². The van der Waals surface area contributed by atoms with Crippen molar-refractivity contribution in [2.24, 2.45) is 22.0 Å². The normalized spacial score (nSPS) is 11.9. The maximum Gasteiger partial charge on any atom is 0.300 e. The van der Waals surface area contributed by atoms with Crippen molar-refractivity contribution in [3.8, 4) is 0 Å². The van der Waals surface area contributed by atoms with Crippen LogP contribution in [-0.2, 0) is 18.7 Å². The fourth-order valence-corrected chi connectivity index (χ4v) is 2.63. The number of hydrogen-bond donors (Lipinski definition) is 6. The van der Waals surface area contributed by atoms with E-state index in [1.807, 2.05) is 0 Å². The summed E-state index contributed by atoms with van der Waals surface area (Å²) in [5.74, 6) is -4.13. The Morgan fingerprint density at radius 2 is 1.33 bits per heavy atom. The summed E-state index contributed by atoms with van der Waals surface area (Å²) < 4.78 is 22.6. The van der Waals surface area contributed by atoms with Gasteiger partial charge in [-0.15, -0.1) is 0 Å². The quantitative estimate of drug-likeness (QED) is 0.152. The number of nitrogens with zero attached hydrogens (tertiary/aromatic N) is 1. The van der Waals surface area contributed by atoms with Crippen molar-refractivity contribution in [1.29, 1.82) is 0 Å². The molecule has 10 N–H and O–H groups in total. The summed E-state index contributed by atoms with van der Waals surface area (Å²) in [7, 11) is -8.06. The van der Waals surface area contributed by atoms with Crippen molar-refractivity contribution in [2.75, 3.05) is 0 Å². The van der Waals surface area contributed by atoms with Crippen molar-refractivity contribution in [3.63, 3.8) is 0 Å². The molecule has 0 atom stereocenters. The van der Waals surface area contributed by atoms with Gasteiger partial charge in [-0.2, -0.15) is 0 Å². The third kappa shape index (κ3) is 6.16. The lowest BCUT2D eigenvalue weighted by Gasteiger charge is -2.19. The second-order valence-corrected chi connectivity index (χ2v) is 7.94. The Morgan fingerprint density at radius 1 is 0.958 bits per heavy atom. The van der Waals surface area contributed by atoms with Gasteiger partial charge in [0, 0.05) is 12.1 Å². The fourth-order valence-electron chi connectivity index (χ4n) is 1.68. The second-order valence-electron chi connectivity index (χ2n) is 4.65. The first-order valence-electron chi connectivity index (χ1n) is 6.03. The zero-order chi connectivity index (χ0) is 18.7. The number of nitrogens with one attached hydrogen (secondary N) is 2. The minimum absolute atomic E-state index is 0.0579. The van der Waals surface area contributed by atoms with Gasteiger partial charge in [-0.1, -0.05) is 12.1 Å². The molecular formula is C9H15N7O6P2. The molecular weight excluding hydrogens is 364 g/mol. The number of non-ortho nitro benzene ring substituents is 1. The van der Waals surface area contributed by atoms with E-state index < -0.39 is 37.8 Å². The molecule has 13 nitrogen and oxygen atoms in total. The minimum atomic E-state index is -4.03. The zero-order valence-corrected chi connectivity index (χ0v) is 13.8. The van der Waals surface area contributed by atoms with Crippen LogP contribution in [0.25, 0.3) is 0 Å². The lowest BCUT2D eigenvalue weighted by Crippen LogP contribution is -2.41. The van der Waals surface area contributed by atoms with Gasteiger partial charge in [-0.3, -0.25) is 61.0 Å². The van der Waals surface area contributed by atoms with Gasteiger partial charge in [0.25, 0.3) is 20.9 Å². The average molecular weight is 379 g/mol. The first-order valence-corrected chi connectivity index (χ1v) is 9.72. The molecule has 0 aromatic heterocycles. The lowest BCUT2D eigenvalue weighted by molar-refractivity contribution is -0.384. The molecule has 1 aromatic rings. The van der Waals surface area contributed by atoms with E-state index in [9.17, 15) is 28.8 Å². The monoisotopic (exact) mass is 379 g/mol. The summed E-state index contributed by atoms with van der Waals surface area (Å²) in [5.41, 5.74) is 19.7. The highest BCUT2D eigenvalue weighted by atomic mass is 31.2. The molecule has 15 heteroatoms. The molecule has 0 saturated heterocycles. The molecule has 0 heterocycles. The van der Waals surface area contributed by atoms with Crippen LogP contribution in [0.15, 0.2) is 24.3 Å². The van der Waals surface area contributed by atoms with Crippen molar-refractivity contribution < 1.29 is 23.6 Å². The Labute approximate surface area is 135 Å². The van der Waals surface area contributed by atoms with Gasteiger partial charge in [0.2, 0.25) is 11.8 Å². The lowest BCUT2D eigenvalue weighted by atomic mass is 9.98. The number of amides is 2. The fraction of sp³-hybridized carbons (Fsp3) is 0.111. The van der Waals surface area contributed by atoms with Gasteiger partial charge >= 0.3 is 0 Å². The summed E-state index contributed by atoms with van der Waals surface area (Å²) >= 11 is 0. The molecule has 0 aliphatic carbocycles. The Morgan fingerprint density at radius 3 is 1.62 bits per heavy atom. The molecule has 0 aliphatic rings. The van der Waals surface area contributed by atoms with Crippen molar-refractivity contribution in [1.82, 2.24) is 10.2 Å². The van der Waals surface area contributed by atoms with E-state index in [1.165, 1.54) is 0 Å². The van der Waals surface area contributed by atoms with Crippen molar-refractivity contribution in [2.45, 2.75) is 5.92 Å². The van der Waals surface area contributed by atoms with E-state index in [1.54, 1.807) is 10.2 Å². The number of carbonyl (C=O) groups excluding carboxylic acids is 2. The Kier molecular flexibility index (Phi) is 5.95. The van der Waals surface area contributed by atoms with Gasteiger partial charge in [0.15, 0.2) is 0 Å². The number of benzene rings is 1. The Hall–Kier alpha value is -2.14. The van der Waals surface area contributed by atoms with Gasteiger partial charge in [-0.05, 0) is 5.56 Å². The first-order chi connectivity index (χ1) is 10.8. The van der Waals surface area contributed by atoms with E-state index in [2.05, 4.69) is 0 Å². The highest BCUT2D eigenvalue weighted by Gasteiger charge is 2.33. The highest BCUT2D eigenvalue weighted by molar-refractivity contribution is 7.58. The van der Waals surface area contributed by atoms with E-state index in [0.717, 1.165) is 24.3 Å². The second kappa shape index (κ2) is 7.18. The predicted molar refractivity (Wildman–Crippen MR) is 84.1 cm³/mol. The molecule has 0 saturated carbocycles. The molecule has 1 rings (SSSR count). The van der Waals surface area contributed by atoms with E-state index in [4.69, 9.17) is 22.0 Å². The molecule has 0 spiro atoms. The maximum absolute atomic E-state index is 12.1. The van der Waals surface area contributed by atoms with Crippen LogP contribution < -0.4 is 32.2 Å². The van der Waals surface area contributed by atoms with Gasteiger partial charge in [0.1, 0.15) is 5.92 Å². The maximum atomic E-state index is 12.1. The number of hydrogen-bond acceptors (Lipinski definition) is 6. The number of nitro groups is 1. The summed E-state index contributed by atoms with van der Waals surface area (Å²) in [6, 6.07) is 4.24. The zero-order valence-electron chi connectivity index (χ0n) is 12.0. The Balaban J connectivity index is 3.24. The molecule has 1 aromatic carbocycles. The SMILES string of the molecule is NP(N)(=O)NC(=O)C(C(=O)NP(N)(N)=O)c1ccc([N+](=O)[O-])cc1. The van der Waals surface area contributed by atoms with Gasteiger partial charge in [-0.25, -0.2) is 0 Å². The number of nitrogens with two attached hydrogens (primary N) is 4. The minimum Gasteiger partial charge on any atom is -0.282 e. The molecule has 0 unspecified atom stereocenters. The first kappa shape index (κ1) is 19.9. The molecule has 24 heavy (non-hydrogen) atoms.